The van der Waals surface area contributed by atoms with E-state index in [2.05, 4.69) is 14.8 Å². The first kappa shape index (κ1) is 15.8. The zero-order valence-corrected chi connectivity index (χ0v) is 13.5. The van der Waals surface area contributed by atoms with Crippen LogP contribution in [-0.2, 0) is 6.61 Å². The zero-order chi connectivity index (χ0) is 17.1. The predicted molar refractivity (Wildman–Crippen MR) is 93.5 cm³/mol. The number of ether oxygens (including phenoxy) is 1. The summed E-state index contributed by atoms with van der Waals surface area (Å²) >= 11 is 0. The summed E-state index contributed by atoms with van der Waals surface area (Å²) in [5.74, 6) is 0.561. The van der Waals surface area contributed by atoms with E-state index >= 15 is 0 Å². The third-order valence-electron chi connectivity index (χ3n) is 3.80. The van der Waals surface area contributed by atoms with Gasteiger partial charge in [-0.05, 0) is 41.6 Å². The van der Waals surface area contributed by atoms with Crippen LogP contribution in [0.25, 0.3) is 15.7 Å². The summed E-state index contributed by atoms with van der Waals surface area (Å²) in [4.78, 5) is 22.8. The van der Waals surface area contributed by atoms with Crippen molar-refractivity contribution in [3.05, 3.63) is 75.6 Å². The van der Waals surface area contributed by atoms with Crippen molar-refractivity contribution in [2.45, 2.75) is 26.4 Å². The Morgan fingerprint density at radius 1 is 1.29 bits per heavy atom. The molecule has 24 heavy (non-hydrogen) atoms. The third kappa shape index (κ3) is 3.13. The first-order valence-electron chi connectivity index (χ1n) is 7.69. The molecule has 0 fully saturated rings. The first-order valence-corrected chi connectivity index (χ1v) is 7.69. The molecule has 0 spiro atoms. The largest absolute Gasteiger partial charge is 0.498 e. The lowest BCUT2D eigenvalue weighted by atomic mass is 10.0. The highest BCUT2D eigenvalue weighted by Crippen LogP contribution is 2.33. The molecule has 0 aliphatic rings. The number of hydrogen-bond acceptors (Lipinski definition) is 3. The van der Waals surface area contributed by atoms with Gasteiger partial charge in [-0.3, -0.25) is 9.78 Å². The van der Waals surface area contributed by atoms with Crippen LogP contribution >= 0.6 is 0 Å². The molecule has 0 aliphatic carbocycles. The molecule has 0 bridgehead atoms. The van der Waals surface area contributed by atoms with Crippen LogP contribution in [0.15, 0.2) is 47.4 Å². The van der Waals surface area contributed by atoms with Gasteiger partial charge in [-0.2, -0.15) is 0 Å². The molecule has 0 atom stereocenters. The smallest absolute Gasteiger partial charge is 0.251 e. The van der Waals surface area contributed by atoms with Crippen molar-refractivity contribution in [3.63, 3.8) is 0 Å². The normalized spacial score (nSPS) is 10.8. The topological polar surface area (TPSA) is 59.3 Å². The molecule has 0 saturated carbocycles. The number of aromatic amines is 1. The molecule has 0 aliphatic heterocycles. The fraction of sp³-hybridized carbons (Fsp3) is 0.211. The number of rotatable bonds is 4. The summed E-state index contributed by atoms with van der Waals surface area (Å²) in [6.07, 6.45) is 1.69. The Balaban J connectivity index is 2.00. The van der Waals surface area contributed by atoms with E-state index in [1.165, 1.54) is 0 Å². The highest BCUT2D eigenvalue weighted by Gasteiger charge is 2.11. The molecule has 0 radical (unpaired) electrons. The summed E-state index contributed by atoms with van der Waals surface area (Å²) in [5, 5.41) is 0.828. The Morgan fingerprint density at radius 3 is 2.79 bits per heavy atom. The van der Waals surface area contributed by atoms with Crippen LogP contribution in [0.3, 0.4) is 0 Å². The summed E-state index contributed by atoms with van der Waals surface area (Å²) in [6.45, 7) is 11.6. The lowest BCUT2D eigenvalue weighted by Gasteiger charge is -2.11. The van der Waals surface area contributed by atoms with Gasteiger partial charge in [0.05, 0.1) is 12.3 Å². The van der Waals surface area contributed by atoms with Crippen molar-refractivity contribution in [1.82, 2.24) is 9.97 Å². The van der Waals surface area contributed by atoms with Gasteiger partial charge in [-0.1, -0.05) is 19.9 Å². The van der Waals surface area contributed by atoms with Crippen molar-refractivity contribution in [3.8, 4) is 5.75 Å². The number of fused-ring (bicyclic) bond motifs is 1. The molecule has 120 valence electrons. The van der Waals surface area contributed by atoms with E-state index < -0.39 is 0 Å². The van der Waals surface area contributed by atoms with Crippen molar-refractivity contribution in [2.75, 3.05) is 0 Å². The van der Waals surface area contributed by atoms with Gasteiger partial charge >= 0.3 is 0 Å². The van der Waals surface area contributed by atoms with E-state index in [4.69, 9.17) is 11.3 Å². The van der Waals surface area contributed by atoms with Crippen LogP contribution in [-0.4, -0.2) is 9.97 Å². The van der Waals surface area contributed by atoms with Gasteiger partial charge in [-0.25, -0.2) is 4.85 Å². The molecule has 1 aromatic carbocycles. The van der Waals surface area contributed by atoms with E-state index in [9.17, 15) is 4.79 Å². The Hall–Kier alpha value is -3.13. The molecule has 2 aromatic heterocycles. The lowest BCUT2D eigenvalue weighted by Crippen LogP contribution is -2.13. The minimum absolute atomic E-state index is 0.108. The van der Waals surface area contributed by atoms with E-state index in [-0.39, 0.29) is 18.1 Å². The van der Waals surface area contributed by atoms with Crippen LogP contribution in [0.2, 0.25) is 0 Å². The highest BCUT2D eigenvalue weighted by atomic mass is 16.5. The van der Waals surface area contributed by atoms with Crippen LogP contribution in [0, 0.1) is 6.57 Å². The number of nitrogens with one attached hydrogen (secondary N) is 1. The second kappa shape index (κ2) is 6.55. The van der Waals surface area contributed by atoms with Gasteiger partial charge in [0.25, 0.3) is 5.56 Å². The van der Waals surface area contributed by atoms with Crippen molar-refractivity contribution < 1.29 is 4.74 Å². The summed E-state index contributed by atoms with van der Waals surface area (Å²) in [7, 11) is 0. The minimum atomic E-state index is -0.108. The Bertz CT molecular complexity index is 970. The van der Waals surface area contributed by atoms with Gasteiger partial charge in [-0.15, -0.1) is 0 Å². The molecule has 5 nitrogen and oxygen atoms in total. The van der Waals surface area contributed by atoms with Crippen LogP contribution in [0.5, 0.6) is 5.75 Å². The number of H-pyrrole nitrogens is 1. The monoisotopic (exact) mass is 319 g/mol. The standard InChI is InChI=1S/C19H17N3O2/c1-12(2)15-8-13-9-17(20-3)18(10-16(13)22-19(15)23)24-11-14-6-4-5-7-21-14/h4-10,12H,11H2,1-2H3,(H,22,23). The van der Waals surface area contributed by atoms with E-state index in [1.54, 1.807) is 18.3 Å². The van der Waals surface area contributed by atoms with Gasteiger partial charge in [0.1, 0.15) is 12.4 Å². The first-order chi connectivity index (χ1) is 11.6. The number of nitrogens with zero attached hydrogens (tertiary/aromatic N) is 2. The molecule has 2 heterocycles. The molecular formula is C19H17N3O2. The van der Waals surface area contributed by atoms with Gasteiger partial charge in [0.2, 0.25) is 5.69 Å². The number of hydrogen-bond donors (Lipinski definition) is 1. The van der Waals surface area contributed by atoms with Crippen LogP contribution < -0.4 is 10.3 Å². The summed E-state index contributed by atoms with van der Waals surface area (Å²) < 4.78 is 5.74. The molecule has 0 saturated heterocycles. The quantitative estimate of drug-likeness (QED) is 0.734. The molecule has 1 N–H and O–H groups in total. The SMILES string of the molecule is [C-]#[N+]c1cc2cc(C(C)C)c(=O)[nH]c2cc1OCc1ccccn1. The average Bonchev–Trinajstić information content (AvgIpc) is 2.59. The molecule has 3 rings (SSSR count). The number of pyridine rings is 2. The molecule has 3 aromatic rings. The second-order valence-corrected chi connectivity index (χ2v) is 5.84. The van der Waals surface area contributed by atoms with E-state index in [1.807, 2.05) is 38.1 Å². The van der Waals surface area contributed by atoms with E-state index in [0.717, 1.165) is 11.1 Å². The molecule has 0 amide bonds. The molecule has 0 unspecified atom stereocenters. The Morgan fingerprint density at radius 2 is 2.12 bits per heavy atom. The summed E-state index contributed by atoms with van der Waals surface area (Å²) in [5.41, 5.74) is 2.45. The number of benzene rings is 1. The van der Waals surface area contributed by atoms with Crippen LogP contribution in [0.1, 0.15) is 31.0 Å². The molecule has 5 heteroatoms. The Kier molecular flexibility index (Phi) is 4.30. The second-order valence-electron chi connectivity index (χ2n) is 5.84. The van der Waals surface area contributed by atoms with Gasteiger partial charge in [0, 0.05) is 17.3 Å². The molecular weight excluding hydrogens is 302 g/mol. The van der Waals surface area contributed by atoms with Crippen molar-refractivity contribution >= 4 is 16.6 Å². The fourth-order valence-corrected chi connectivity index (χ4v) is 2.51. The minimum Gasteiger partial charge on any atom is -0.498 e. The maximum Gasteiger partial charge on any atom is 0.251 e. The van der Waals surface area contributed by atoms with Crippen molar-refractivity contribution in [2.24, 2.45) is 0 Å². The van der Waals surface area contributed by atoms with Crippen LogP contribution in [0.4, 0.5) is 5.69 Å². The maximum atomic E-state index is 12.2. The van der Waals surface area contributed by atoms with Gasteiger partial charge < -0.3 is 9.72 Å². The van der Waals surface area contributed by atoms with Crippen molar-refractivity contribution in [1.29, 1.82) is 0 Å². The lowest BCUT2D eigenvalue weighted by molar-refractivity contribution is 0.303. The Labute approximate surface area is 139 Å². The average molecular weight is 319 g/mol. The zero-order valence-electron chi connectivity index (χ0n) is 13.5. The maximum absolute atomic E-state index is 12.2. The third-order valence-corrected chi connectivity index (χ3v) is 3.80. The van der Waals surface area contributed by atoms with E-state index in [0.29, 0.717) is 22.5 Å². The summed E-state index contributed by atoms with van der Waals surface area (Å²) in [6, 6.07) is 10.9. The number of aromatic nitrogens is 2. The highest BCUT2D eigenvalue weighted by molar-refractivity contribution is 5.86. The van der Waals surface area contributed by atoms with Gasteiger partial charge in [0.15, 0.2) is 0 Å². The fourth-order valence-electron chi connectivity index (χ4n) is 2.51. The predicted octanol–water partition coefficient (Wildman–Crippen LogP) is 4.18.